The fraction of sp³-hybridized carbons (Fsp3) is 0.619. The number of carbonyl (C=O) groups is 2. The van der Waals surface area contributed by atoms with Gasteiger partial charge in [0.2, 0.25) is 5.91 Å². The lowest BCUT2D eigenvalue weighted by Crippen LogP contribution is -2.58. The second-order valence-electron chi connectivity index (χ2n) is 7.62. The average Bonchev–Trinajstić information content (AvgIpc) is 3.21. The van der Waals surface area contributed by atoms with Gasteiger partial charge >= 0.3 is 0 Å². The van der Waals surface area contributed by atoms with Crippen molar-refractivity contribution in [1.82, 2.24) is 15.1 Å². The molecule has 2 aliphatic rings. The van der Waals surface area contributed by atoms with Gasteiger partial charge in [-0.05, 0) is 49.4 Å². The smallest absolute Gasteiger partial charge is 0.253 e. The predicted octanol–water partition coefficient (Wildman–Crippen LogP) is 2.67. The Labute approximate surface area is 160 Å². The van der Waals surface area contributed by atoms with E-state index in [-0.39, 0.29) is 23.7 Å². The molecule has 1 aromatic carbocycles. The highest BCUT2D eigenvalue weighted by Crippen LogP contribution is 2.31. The van der Waals surface area contributed by atoms with E-state index in [4.69, 9.17) is 0 Å². The molecule has 1 saturated heterocycles. The first-order chi connectivity index (χ1) is 13.1. The van der Waals surface area contributed by atoms with Gasteiger partial charge < -0.3 is 10.2 Å². The van der Waals surface area contributed by atoms with Crippen LogP contribution >= 0.6 is 0 Å². The van der Waals surface area contributed by atoms with Gasteiger partial charge in [-0.3, -0.25) is 14.5 Å². The number of rotatable bonds is 6. The van der Waals surface area contributed by atoms with Gasteiger partial charge in [0.15, 0.2) is 0 Å². The van der Waals surface area contributed by atoms with Gasteiger partial charge in [0.05, 0.1) is 6.04 Å². The van der Waals surface area contributed by atoms with Crippen LogP contribution < -0.4 is 5.32 Å². The van der Waals surface area contributed by atoms with Gasteiger partial charge in [0, 0.05) is 38.3 Å². The van der Waals surface area contributed by atoms with Gasteiger partial charge in [-0.15, -0.1) is 0 Å². The lowest BCUT2D eigenvalue weighted by Gasteiger charge is -2.40. The van der Waals surface area contributed by atoms with E-state index in [1.807, 2.05) is 0 Å². The standard InChI is InChI=1S/C21H30FN3O2/c1-2-11-23-20(26)19(16-5-3-4-6-16)24-12-14-25(15-13-24)21(27)17-7-9-18(22)10-8-17/h7-10,16,19H,2-6,11-15H2,1H3,(H,23,26)/t19-/m0/s1. The molecule has 0 aromatic heterocycles. The number of hydrogen-bond donors (Lipinski definition) is 1. The number of halogens is 1. The molecule has 5 nitrogen and oxygen atoms in total. The Hall–Kier alpha value is -1.95. The van der Waals surface area contributed by atoms with Crippen LogP contribution in [0.15, 0.2) is 24.3 Å². The van der Waals surface area contributed by atoms with E-state index in [0.717, 1.165) is 19.3 Å². The first-order valence-electron chi connectivity index (χ1n) is 10.2. The summed E-state index contributed by atoms with van der Waals surface area (Å²) < 4.78 is 13.1. The van der Waals surface area contributed by atoms with E-state index >= 15 is 0 Å². The number of benzene rings is 1. The maximum absolute atomic E-state index is 13.1. The first-order valence-corrected chi connectivity index (χ1v) is 10.2. The number of nitrogens with one attached hydrogen (secondary N) is 1. The summed E-state index contributed by atoms with van der Waals surface area (Å²) in [4.78, 5) is 29.5. The third-order valence-electron chi connectivity index (χ3n) is 5.75. The molecule has 1 aliphatic carbocycles. The second kappa shape index (κ2) is 9.31. The molecule has 1 heterocycles. The molecule has 2 amide bonds. The zero-order valence-electron chi connectivity index (χ0n) is 16.1. The molecule has 0 radical (unpaired) electrons. The molecule has 0 bridgehead atoms. The van der Waals surface area contributed by atoms with E-state index in [9.17, 15) is 14.0 Å². The van der Waals surface area contributed by atoms with Crippen LogP contribution in [0.2, 0.25) is 0 Å². The monoisotopic (exact) mass is 375 g/mol. The van der Waals surface area contributed by atoms with Gasteiger partial charge in [-0.25, -0.2) is 4.39 Å². The molecule has 6 heteroatoms. The summed E-state index contributed by atoms with van der Waals surface area (Å²) in [6, 6.07) is 5.62. The van der Waals surface area contributed by atoms with Crippen molar-refractivity contribution < 1.29 is 14.0 Å². The number of hydrogen-bond acceptors (Lipinski definition) is 3. The van der Waals surface area contributed by atoms with Gasteiger partial charge in [-0.2, -0.15) is 0 Å². The number of amides is 2. The van der Waals surface area contributed by atoms with Crippen molar-refractivity contribution in [2.24, 2.45) is 5.92 Å². The predicted molar refractivity (Wildman–Crippen MR) is 103 cm³/mol. The Morgan fingerprint density at radius 1 is 1.11 bits per heavy atom. The largest absolute Gasteiger partial charge is 0.355 e. The molecule has 3 rings (SSSR count). The minimum absolute atomic E-state index is 0.0671. The van der Waals surface area contributed by atoms with Crippen LogP contribution in [0.25, 0.3) is 0 Å². The summed E-state index contributed by atoms with van der Waals surface area (Å²) in [5, 5.41) is 3.08. The van der Waals surface area contributed by atoms with Crippen molar-refractivity contribution in [3.63, 3.8) is 0 Å². The summed E-state index contributed by atoms with van der Waals surface area (Å²) in [5.41, 5.74) is 0.512. The minimum Gasteiger partial charge on any atom is -0.355 e. The maximum Gasteiger partial charge on any atom is 0.253 e. The quantitative estimate of drug-likeness (QED) is 0.832. The molecule has 0 spiro atoms. The lowest BCUT2D eigenvalue weighted by atomic mass is 9.95. The van der Waals surface area contributed by atoms with Crippen LogP contribution in [0.5, 0.6) is 0 Å². The Kier molecular flexibility index (Phi) is 6.83. The van der Waals surface area contributed by atoms with Crippen LogP contribution in [0, 0.1) is 11.7 Å². The summed E-state index contributed by atoms with van der Waals surface area (Å²) >= 11 is 0. The topological polar surface area (TPSA) is 52.7 Å². The van der Waals surface area contributed by atoms with Crippen LogP contribution in [-0.2, 0) is 4.79 Å². The summed E-state index contributed by atoms with van der Waals surface area (Å²) in [7, 11) is 0. The molecule has 27 heavy (non-hydrogen) atoms. The molecule has 1 aromatic rings. The normalized spacial score (nSPS) is 19.9. The van der Waals surface area contributed by atoms with E-state index in [2.05, 4.69) is 17.1 Å². The fourth-order valence-electron chi connectivity index (χ4n) is 4.28. The molecule has 1 atom stereocenters. The van der Waals surface area contributed by atoms with Crippen molar-refractivity contribution in [2.75, 3.05) is 32.7 Å². The molecule has 1 N–H and O–H groups in total. The van der Waals surface area contributed by atoms with Crippen molar-refractivity contribution in [2.45, 2.75) is 45.1 Å². The average molecular weight is 375 g/mol. The second-order valence-corrected chi connectivity index (χ2v) is 7.62. The van der Waals surface area contributed by atoms with Gasteiger partial charge in [0.1, 0.15) is 5.82 Å². The van der Waals surface area contributed by atoms with Gasteiger partial charge in [-0.1, -0.05) is 19.8 Å². The number of nitrogens with zero attached hydrogens (tertiary/aromatic N) is 2. The zero-order chi connectivity index (χ0) is 19.2. The lowest BCUT2D eigenvalue weighted by molar-refractivity contribution is -0.129. The Morgan fingerprint density at radius 3 is 2.33 bits per heavy atom. The fourth-order valence-corrected chi connectivity index (χ4v) is 4.28. The highest BCUT2D eigenvalue weighted by atomic mass is 19.1. The van der Waals surface area contributed by atoms with Crippen LogP contribution in [-0.4, -0.2) is 60.4 Å². The van der Waals surface area contributed by atoms with Crippen molar-refractivity contribution >= 4 is 11.8 Å². The highest BCUT2D eigenvalue weighted by Gasteiger charge is 2.37. The molecule has 148 valence electrons. The van der Waals surface area contributed by atoms with E-state index in [1.165, 1.54) is 37.1 Å². The summed E-state index contributed by atoms with van der Waals surface area (Å²) in [5.74, 6) is 0.152. The van der Waals surface area contributed by atoms with Crippen molar-refractivity contribution in [1.29, 1.82) is 0 Å². The molecular formula is C21H30FN3O2. The molecule has 1 aliphatic heterocycles. The Bertz CT molecular complexity index is 635. The summed E-state index contributed by atoms with van der Waals surface area (Å²) in [6.45, 7) is 5.37. The van der Waals surface area contributed by atoms with E-state index in [0.29, 0.717) is 44.2 Å². The number of carbonyl (C=O) groups excluding carboxylic acids is 2. The van der Waals surface area contributed by atoms with E-state index < -0.39 is 0 Å². The third-order valence-corrected chi connectivity index (χ3v) is 5.75. The molecule has 0 unspecified atom stereocenters. The molecule has 2 fully saturated rings. The van der Waals surface area contributed by atoms with Crippen LogP contribution in [0.3, 0.4) is 0 Å². The zero-order valence-corrected chi connectivity index (χ0v) is 16.1. The summed E-state index contributed by atoms with van der Waals surface area (Å²) in [6.07, 6.45) is 5.55. The number of piperazine rings is 1. The molecule has 1 saturated carbocycles. The third kappa shape index (κ3) is 4.86. The Balaban J connectivity index is 1.61. The highest BCUT2D eigenvalue weighted by molar-refractivity contribution is 5.94. The minimum atomic E-state index is -0.339. The van der Waals surface area contributed by atoms with Crippen LogP contribution in [0.1, 0.15) is 49.4 Å². The van der Waals surface area contributed by atoms with Crippen molar-refractivity contribution in [3.05, 3.63) is 35.6 Å². The van der Waals surface area contributed by atoms with Crippen LogP contribution in [0.4, 0.5) is 4.39 Å². The SMILES string of the molecule is CCCNC(=O)[C@H](C1CCCC1)N1CCN(C(=O)c2ccc(F)cc2)CC1. The maximum atomic E-state index is 13.1. The van der Waals surface area contributed by atoms with E-state index in [1.54, 1.807) is 4.90 Å². The van der Waals surface area contributed by atoms with Gasteiger partial charge in [0.25, 0.3) is 5.91 Å². The first kappa shape index (κ1) is 19.8. The van der Waals surface area contributed by atoms with Crippen molar-refractivity contribution in [3.8, 4) is 0 Å². The Morgan fingerprint density at radius 2 is 1.74 bits per heavy atom. The molecular weight excluding hydrogens is 345 g/mol.